The van der Waals surface area contributed by atoms with Crippen LogP contribution in [0.2, 0.25) is 5.02 Å². The molecule has 4 rings (SSSR count). The lowest BCUT2D eigenvalue weighted by atomic mass is 9.99. The fraction of sp³-hybridized carbons (Fsp3) is 0.125. The molecule has 0 bridgehead atoms. The Bertz CT molecular complexity index is 1110. The number of methoxy groups -OCH3 is 1. The Morgan fingerprint density at radius 1 is 1.03 bits per heavy atom. The molecule has 7 heteroatoms. The first kappa shape index (κ1) is 20.6. The van der Waals surface area contributed by atoms with Crippen molar-refractivity contribution in [3.05, 3.63) is 101 Å². The number of hydrogen-bond acceptors (Lipinski definition) is 3. The molecule has 1 aliphatic heterocycles. The molecule has 1 aliphatic rings. The monoisotopic (exact) mass is 434 g/mol. The summed E-state index contributed by atoms with van der Waals surface area (Å²) in [6.45, 7) is 0. The number of nitrogens with one attached hydrogen (secondary N) is 2. The van der Waals surface area contributed by atoms with E-state index >= 15 is 0 Å². The Balaban J connectivity index is 1.70. The third-order valence-corrected chi connectivity index (χ3v) is 5.33. The third-order valence-electron chi connectivity index (χ3n) is 5.08. The summed E-state index contributed by atoms with van der Waals surface area (Å²) in [6, 6.07) is 22.3. The maximum absolute atomic E-state index is 12.9. The van der Waals surface area contributed by atoms with Gasteiger partial charge in [-0.25, -0.2) is 0 Å². The standard InChI is InChI=1S/C24H20ClN3O3/c1-31-20-13-9-17(10-14-20)22-21(26-23(29)18-5-3-2-4-6-18)24(30)27-28(22)15-16-7-11-19(25)12-8-16/h2-15,21-22H,1H3,(H-,26,27,29,30)/p+1/b28-15-/t21-,22+/m1/s1. The highest BCUT2D eigenvalue weighted by molar-refractivity contribution is 6.30. The smallest absolute Gasteiger partial charge is 0.304 e. The Hall–Kier alpha value is -3.64. The van der Waals surface area contributed by atoms with Crippen LogP contribution in [0.5, 0.6) is 5.75 Å². The molecule has 3 aromatic carbocycles. The van der Waals surface area contributed by atoms with Crippen LogP contribution < -0.4 is 15.5 Å². The summed E-state index contributed by atoms with van der Waals surface area (Å²) in [5.74, 6) is 0.0991. The van der Waals surface area contributed by atoms with Gasteiger partial charge in [0, 0.05) is 21.7 Å². The molecule has 6 nitrogen and oxygen atoms in total. The summed E-state index contributed by atoms with van der Waals surface area (Å²) >= 11 is 5.99. The molecule has 0 saturated carbocycles. The summed E-state index contributed by atoms with van der Waals surface area (Å²) in [5, 5.41) is 3.51. The number of halogens is 1. The van der Waals surface area contributed by atoms with Crippen molar-refractivity contribution in [3.63, 3.8) is 0 Å². The molecule has 3 aromatic rings. The van der Waals surface area contributed by atoms with Gasteiger partial charge in [-0.05, 0) is 60.7 Å². The van der Waals surface area contributed by atoms with Gasteiger partial charge in [0.05, 0.1) is 7.11 Å². The lowest BCUT2D eigenvalue weighted by Gasteiger charge is -2.15. The minimum atomic E-state index is -0.787. The summed E-state index contributed by atoms with van der Waals surface area (Å²) in [5.41, 5.74) is 5.06. The van der Waals surface area contributed by atoms with Crippen LogP contribution in [0, 0.1) is 0 Å². The minimum Gasteiger partial charge on any atom is -0.497 e. The molecular weight excluding hydrogens is 414 g/mol. The van der Waals surface area contributed by atoms with Gasteiger partial charge in [0.2, 0.25) is 12.3 Å². The average Bonchev–Trinajstić information content (AvgIpc) is 3.10. The second-order valence-electron chi connectivity index (χ2n) is 7.10. The zero-order valence-corrected chi connectivity index (χ0v) is 17.5. The topological polar surface area (TPSA) is 70.4 Å². The van der Waals surface area contributed by atoms with Crippen LogP contribution in [0.3, 0.4) is 0 Å². The number of benzene rings is 3. The van der Waals surface area contributed by atoms with E-state index in [1.807, 2.05) is 48.7 Å². The molecule has 2 atom stereocenters. The molecule has 1 fully saturated rings. The van der Waals surface area contributed by atoms with E-state index in [0.29, 0.717) is 16.3 Å². The van der Waals surface area contributed by atoms with Gasteiger partial charge in [-0.3, -0.25) is 9.59 Å². The average molecular weight is 435 g/mol. The van der Waals surface area contributed by atoms with Gasteiger partial charge in [0.1, 0.15) is 5.75 Å². The third kappa shape index (κ3) is 4.59. The number of amides is 2. The predicted molar refractivity (Wildman–Crippen MR) is 118 cm³/mol. The van der Waals surface area contributed by atoms with Gasteiger partial charge in [0.25, 0.3) is 5.91 Å². The molecule has 0 radical (unpaired) electrons. The van der Waals surface area contributed by atoms with Gasteiger partial charge in [-0.1, -0.05) is 29.8 Å². The fourth-order valence-corrected chi connectivity index (χ4v) is 3.63. The Morgan fingerprint density at radius 3 is 2.35 bits per heavy atom. The molecule has 2 N–H and O–H groups in total. The van der Waals surface area contributed by atoms with Crippen LogP contribution in [0.25, 0.3) is 0 Å². The first-order valence-electron chi connectivity index (χ1n) is 9.74. The van der Waals surface area contributed by atoms with Crippen molar-refractivity contribution in [1.29, 1.82) is 0 Å². The van der Waals surface area contributed by atoms with Crippen molar-refractivity contribution in [2.24, 2.45) is 0 Å². The van der Waals surface area contributed by atoms with Crippen molar-refractivity contribution in [2.75, 3.05) is 7.11 Å². The molecule has 156 valence electrons. The van der Waals surface area contributed by atoms with E-state index in [1.54, 1.807) is 48.2 Å². The number of ether oxygens (including phenoxy) is 1. The van der Waals surface area contributed by atoms with E-state index in [0.717, 1.165) is 11.1 Å². The maximum atomic E-state index is 12.9. The lowest BCUT2D eigenvalue weighted by molar-refractivity contribution is -0.596. The zero-order valence-electron chi connectivity index (χ0n) is 16.8. The first-order valence-corrected chi connectivity index (χ1v) is 10.1. The lowest BCUT2D eigenvalue weighted by Crippen LogP contribution is -2.42. The van der Waals surface area contributed by atoms with Crippen molar-refractivity contribution in [3.8, 4) is 5.75 Å². The molecule has 0 spiro atoms. The van der Waals surface area contributed by atoms with Gasteiger partial charge in [0.15, 0.2) is 6.04 Å². The molecule has 0 aliphatic carbocycles. The molecule has 1 saturated heterocycles. The molecule has 2 amide bonds. The van der Waals surface area contributed by atoms with Crippen LogP contribution in [0.4, 0.5) is 0 Å². The van der Waals surface area contributed by atoms with E-state index in [1.165, 1.54) is 0 Å². The summed E-state index contributed by atoms with van der Waals surface area (Å²) < 4.78 is 6.96. The van der Waals surface area contributed by atoms with Crippen LogP contribution in [0.1, 0.15) is 27.5 Å². The Morgan fingerprint density at radius 2 is 1.71 bits per heavy atom. The SMILES string of the molecule is COc1ccc([C@H]2[C@@H](NC(=O)c3ccccc3)C(=O)N/[N+]2=C\c2ccc(Cl)cc2)cc1. The second kappa shape index (κ2) is 9.02. The number of hydrazone groups is 1. The van der Waals surface area contributed by atoms with Crippen LogP contribution >= 0.6 is 11.6 Å². The van der Waals surface area contributed by atoms with E-state index in [9.17, 15) is 9.59 Å². The molecule has 1 heterocycles. The largest absolute Gasteiger partial charge is 0.497 e. The van der Waals surface area contributed by atoms with Crippen molar-refractivity contribution < 1.29 is 19.0 Å². The highest BCUT2D eigenvalue weighted by Gasteiger charge is 2.47. The molecule has 0 aromatic heterocycles. The van der Waals surface area contributed by atoms with Crippen molar-refractivity contribution in [2.45, 2.75) is 12.1 Å². The second-order valence-corrected chi connectivity index (χ2v) is 7.54. The number of carbonyl (C=O) groups is 2. The van der Waals surface area contributed by atoms with E-state index < -0.39 is 12.1 Å². The molecule has 31 heavy (non-hydrogen) atoms. The van der Waals surface area contributed by atoms with Gasteiger partial charge >= 0.3 is 5.91 Å². The van der Waals surface area contributed by atoms with Crippen molar-refractivity contribution in [1.82, 2.24) is 10.7 Å². The first-order chi connectivity index (χ1) is 15.0. The van der Waals surface area contributed by atoms with Crippen LogP contribution in [0.15, 0.2) is 78.9 Å². The Kier molecular flexibility index (Phi) is 6.00. The number of hydrogen-bond donors (Lipinski definition) is 2. The van der Waals surface area contributed by atoms with Crippen molar-refractivity contribution >= 4 is 29.6 Å². The number of rotatable bonds is 5. The van der Waals surface area contributed by atoms with Crippen LogP contribution in [-0.4, -0.2) is 35.9 Å². The van der Waals surface area contributed by atoms with Crippen LogP contribution in [-0.2, 0) is 4.79 Å². The fourth-order valence-electron chi connectivity index (χ4n) is 3.51. The highest BCUT2D eigenvalue weighted by Crippen LogP contribution is 2.27. The summed E-state index contributed by atoms with van der Waals surface area (Å²) in [4.78, 5) is 25.6. The number of nitrogens with zero attached hydrogens (tertiary/aromatic N) is 1. The normalized spacial score (nSPS) is 19.2. The Labute approximate surface area is 185 Å². The minimum absolute atomic E-state index is 0.296. The summed E-state index contributed by atoms with van der Waals surface area (Å²) in [7, 11) is 1.60. The molecule has 0 unspecified atom stereocenters. The van der Waals surface area contributed by atoms with Gasteiger partial charge in [-0.2, -0.15) is 0 Å². The number of carbonyl (C=O) groups excluding carboxylic acids is 2. The predicted octanol–water partition coefficient (Wildman–Crippen LogP) is 3.36. The summed E-state index contributed by atoms with van der Waals surface area (Å²) in [6.07, 6.45) is 1.82. The van der Waals surface area contributed by atoms with E-state index in [4.69, 9.17) is 16.3 Å². The number of hydrazine groups is 1. The van der Waals surface area contributed by atoms with E-state index in [2.05, 4.69) is 10.7 Å². The maximum Gasteiger partial charge on any atom is 0.304 e. The van der Waals surface area contributed by atoms with E-state index in [-0.39, 0.29) is 11.8 Å². The highest BCUT2D eigenvalue weighted by atomic mass is 35.5. The van der Waals surface area contributed by atoms with Gasteiger partial charge in [-0.15, -0.1) is 10.1 Å². The molecular formula is C24H21ClN3O3+. The van der Waals surface area contributed by atoms with Gasteiger partial charge < -0.3 is 10.1 Å². The quantitative estimate of drug-likeness (QED) is 0.605. The zero-order chi connectivity index (χ0) is 21.8.